The summed E-state index contributed by atoms with van der Waals surface area (Å²) in [7, 11) is 0. The molecule has 0 aliphatic carbocycles. The monoisotopic (exact) mass is 166 g/mol. The Kier molecular flexibility index (Phi) is 1.14. The Bertz CT molecular complexity index is 279. The molecule has 0 saturated heterocycles. The van der Waals surface area contributed by atoms with E-state index in [1.807, 2.05) is 0 Å². The number of hydrogen-bond acceptors (Lipinski definition) is 2. The molecule has 0 heterocycles. The number of hydrogen-bond donors (Lipinski definition) is 2. The van der Waals surface area contributed by atoms with Gasteiger partial charge in [-0.2, -0.15) is 0 Å². The minimum Gasteiger partial charge on any atom is -0.481 e. The van der Waals surface area contributed by atoms with Gasteiger partial charge in [-0.3, -0.25) is 4.79 Å². The highest BCUT2D eigenvalue weighted by Gasteiger charge is 2.37. The molecule has 0 aromatic rings. The second-order valence-corrected chi connectivity index (χ2v) is 2.80. The summed E-state index contributed by atoms with van der Waals surface area (Å²) in [5.74, 6) is -2.86. The van der Waals surface area contributed by atoms with E-state index < -0.39 is 37.1 Å². The average Bonchev–Trinajstić information content (AvgIpc) is 1.97. The molecule has 0 aromatic heterocycles. The fourth-order valence-corrected chi connectivity index (χ4v) is 0.627. The van der Waals surface area contributed by atoms with Crippen LogP contribution in [0.2, 0.25) is 0 Å². The third-order valence-corrected chi connectivity index (χ3v) is 1.41. The normalized spacial score (nSPS) is 25.5. The Balaban J connectivity index is 6.06. The van der Waals surface area contributed by atoms with E-state index in [1.54, 1.807) is 0 Å². The second-order valence-electron chi connectivity index (χ2n) is 2.80. The lowest BCUT2D eigenvalue weighted by molar-refractivity contribution is -0.155. The molecular weight excluding hydrogens is 144 g/mol. The van der Waals surface area contributed by atoms with Crippen molar-refractivity contribution in [3.05, 3.63) is 0 Å². The van der Waals surface area contributed by atoms with Crippen LogP contribution in [0.3, 0.4) is 0 Å². The van der Waals surface area contributed by atoms with Crippen LogP contribution in [0.1, 0.15) is 35.8 Å². The quantitative estimate of drug-likeness (QED) is 0.660. The highest BCUT2D eigenvalue weighted by molar-refractivity contribution is 5.74. The van der Waals surface area contributed by atoms with Crippen LogP contribution in [0.4, 0.5) is 0 Å². The predicted octanol–water partition coefficient (Wildman–Crippen LogP) is 1.11. The van der Waals surface area contributed by atoms with Crippen LogP contribution < -0.4 is 0 Å². The fourth-order valence-electron chi connectivity index (χ4n) is 0.627. The summed E-state index contributed by atoms with van der Waals surface area (Å²) < 4.78 is 43.1. The summed E-state index contributed by atoms with van der Waals surface area (Å²) in [6.45, 7) is -3.96. The van der Waals surface area contributed by atoms with Gasteiger partial charge in [0.15, 0.2) is 0 Å². The number of carboxylic acid groups (broad SMARTS) is 1. The SMILES string of the molecule is [2H]C([2H])([2H])C(C(=O)O)(C(O)C(C)C)C([2H])([2H])[2H]. The van der Waals surface area contributed by atoms with Gasteiger partial charge in [0.1, 0.15) is 0 Å². The van der Waals surface area contributed by atoms with Gasteiger partial charge in [0, 0.05) is 8.22 Å². The predicted molar refractivity (Wildman–Crippen MR) is 42.3 cm³/mol. The third kappa shape index (κ3) is 2.19. The standard InChI is InChI=1S/C8H16O3/c1-5(2)6(9)8(3,4)7(10)11/h5-6,9H,1-4H3,(H,10,11)/i3D3,4D3. The minimum atomic E-state index is -3.34. The van der Waals surface area contributed by atoms with E-state index in [9.17, 15) is 9.90 Å². The first-order valence-electron chi connectivity index (χ1n) is 6.21. The molecule has 0 spiro atoms. The van der Waals surface area contributed by atoms with Gasteiger partial charge in [0.25, 0.3) is 0 Å². The van der Waals surface area contributed by atoms with E-state index in [1.165, 1.54) is 13.8 Å². The highest BCUT2D eigenvalue weighted by atomic mass is 16.4. The van der Waals surface area contributed by atoms with Crippen molar-refractivity contribution in [1.29, 1.82) is 0 Å². The molecule has 0 aliphatic heterocycles. The van der Waals surface area contributed by atoms with Gasteiger partial charge in [-0.15, -0.1) is 0 Å². The summed E-state index contributed by atoms with van der Waals surface area (Å²) in [5.41, 5.74) is -3.17. The number of rotatable bonds is 3. The van der Waals surface area contributed by atoms with Crippen LogP contribution in [0.5, 0.6) is 0 Å². The van der Waals surface area contributed by atoms with Gasteiger partial charge < -0.3 is 10.2 Å². The number of aliphatic hydroxyl groups excluding tert-OH is 1. The van der Waals surface area contributed by atoms with E-state index in [0.717, 1.165) is 0 Å². The first-order chi connectivity index (χ1) is 7.30. The maximum atomic E-state index is 11.2. The minimum absolute atomic E-state index is 0.813. The molecule has 0 amide bonds. The van der Waals surface area contributed by atoms with Crippen LogP contribution in [0.25, 0.3) is 0 Å². The lowest BCUT2D eigenvalue weighted by Gasteiger charge is -2.28. The number of aliphatic carboxylic acids is 1. The first kappa shape index (κ1) is 3.90. The Morgan fingerprint density at radius 1 is 1.55 bits per heavy atom. The molecule has 1 unspecified atom stereocenters. The smallest absolute Gasteiger partial charge is 0.311 e. The van der Waals surface area contributed by atoms with Crippen molar-refractivity contribution in [3.63, 3.8) is 0 Å². The molecule has 3 heteroatoms. The summed E-state index contributed by atoms with van der Waals surface area (Å²) in [5, 5.41) is 18.8. The summed E-state index contributed by atoms with van der Waals surface area (Å²) in [6.07, 6.45) is -2.00. The van der Waals surface area contributed by atoms with E-state index in [4.69, 9.17) is 13.3 Å². The van der Waals surface area contributed by atoms with Crippen LogP contribution >= 0.6 is 0 Å². The van der Waals surface area contributed by atoms with Crippen molar-refractivity contribution in [2.75, 3.05) is 0 Å². The second kappa shape index (κ2) is 3.22. The Morgan fingerprint density at radius 3 is 2.09 bits per heavy atom. The summed E-state index contributed by atoms with van der Waals surface area (Å²) in [6, 6.07) is 0. The molecular formula is C8H16O3. The molecule has 0 fully saturated rings. The largest absolute Gasteiger partial charge is 0.481 e. The summed E-state index contributed by atoms with van der Waals surface area (Å²) in [4.78, 5) is 11.2. The molecule has 0 aromatic carbocycles. The Morgan fingerprint density at radius 2 is 2.00 bits per heavy atom. The molecule has 0 bridgehead atoms. The van der Waals surface area contributed by atoms with E-state index in [0.29, 0.717) is 0 Å². The van der Waals surface area contributed by atoms with Crippen molar-refractivity contribution in [3.8, 4) is 0 Å². The zero-order valence-corrected chi connectivity index (χ0v) is 6.46. The maximum absolute atomic E-state index is 11.2. The van der Waals surface area contributed by atoms with Gasteiger partial charge in [-0.05, 0) is 19.6 Å². The van der Waals surface area contributed by atoms with Crippen molar-refractivity contribution in [1.82, 2.24) is 0 Å². The van der Waals surface area contributed by atoms with Crippen molar-refractivity contribution in [2.45, 2.75) is 33.7 Å². The Labute approximate surface area is 75.5 Å². The van der Waals surface area contributed by atoms with Crippen molar-refractivity contribution in [2.24, 2.45) is 11.3 Å². The van der Waals surface area contributed by atoms with Gasteiger partial charge >= 0.3 is 5.97 Å². The van der Waals surface area contributed by atoms with Gasteiger partial charge in [0.2, 0.25) is 0 Å². The lowest BCUT2D eigenvalue weighted by atomic mass is 9.81. The van der Waals surface area contributed by atoms with Gasteiger partial charge in [-0.25, -0.2) is 0 Å². The molecule has 0 radical (unpaired) electrons. The first-order valence-corrected chi connectivity index (χ1v) is 3.21. The van der Waals surface area contributed by atoms with Crippen LogP contribution in [0, 0.1) is 11.3 Å². The molecule has 3 nitrogen and oxygen atoms in total. The third-order valence-electron chi connectivity index (χ3n) is 1.41. The molecule has 0 saturated carbocycles. The van der Waals surface area contributed by atoms with Gasteiger partial charge in [0.05, 0.1) is 11.5 Å². The van der Waals surface area contributed by atoms with Gasteiger partial charge in [-0.1, -0.05) is 13.8 Å². The molecule has 0 aliphatic rings. The number of aliphatic hydroxyl groups is 1. The molecule has 66 valence electrons. The zero-order chi connectivity index (χ0) is 14.2. The lowest BCUT2D eigenvalue weighted by Crippen LogP contribution is -2.40. The number of carbonyl (C=O) groups is 1. The van der Waals surface area contributed by atoms with E-state index in [2.05, 4.69) is 0 Å². The fraction of sp³-hybridized carbons (Fsp3) is 0.875. The summed E-state index contributed by atoms with van der Waals surface area (Å²) >= 11 is 0. The molecule has 1 atom stereocenters. The van der Waals surface area contributed by atoms with Crippen LogP contribution in [-0.4, -0.2) is 22.3 Å². The highest BCUT2D eigenvalue weighted by Crippen LogP contribution is 2.25. The number of carboxylic acids is 1. The average molecular weight is 166 g/mol. The van der Waals surface area contributed by atoms with Crippen LogP contribution in [-0.2, 0) is 4.79 Å². The van der Waals surface area contributed by atoms with Crippen molar-refractivity contribution >= 4 is 5.97 Å². The molecule has 0 rings (SSSR count). The van der Waals surface area contributed by atoms with E-state index >= 15 is 0 Å². The van der Waals surface area contributed by atoms with Crippen molar-refractivity contribution < 1.29 is 23.2 Å². The molecule has 11 heavy (non-hydrogen) atoms. The van der Waals surface area contributed by atoms with Crippen LogP contribution in [0.15, 0.2) is 0 Å². The zero-order valence-electron chi connectivity index (χ0n) is 12.5. The molecule has 2 N–H and O–H groups in total. The topological polar surface area (TPSA) is 57.5 Å². The maximum Gasteiger partial charge on any atom is 0.311 e. The van der Waals surface area contributed by atoms with E-state index in [-0.39, 0.29) is 0 Å². The Hall–Kier alpha value is -0.570.